The van der Waals surface area contributed by atoms with Crippen LogP contribution in [0.3, 0.4) is 0 Å². The van der Waals surface area contributed by atoms with Gasteiger partial charge in [-0.2, -0.15) is 0 Å². The first kappa shape index (κ1) is 18.4. The highest BCUT2D eigenvalue weighted by molar-refractivity contribution is 7.07. The zero-order valence-corrected chi connectivity index (χ0v) is 15.6. The highest BCUT2D eigenvalue weighted by Gasteiger charge is 2.44. The maximum absolute atomic E-state index is 14.1. The summed E-state index contributed by atoms with van der Waals surface area (Å²) in [5, 5.41) is 6.36. The lowest BCUT2D eigenvalue weighted by Gasteiger charge is -2.23. The lowest BCUT2D eigenvalue weighted by Crippen LogP contribution is -2.28. The monoisotopic (exact) mass is 370 g/mol. The van der Waals surface area contributed by atoms with Crippen molar-refractivity contribution in [1.29, 1.82) is 0 Å². The first-order valence-corrected chi connectivity index (χ1v) is 9.69. The standard InChI is InChI=1S/C17H24F2N4OS/c1-4-24-14(11(2)3)16-21-15(13-9-25-10-20-13)22-23(16)8-12-6-5-7-17(12,18)19/h9-12,14H,4-8H2,1-3H3. The lowest BCUT2D eigenvalue weighted by molar-refractivity contribution is -0.0453. The fourth-order valence-electron chi connectivity index (χ4n) is 3.31. The van der Waals surface area contributed by atoms with Crippen LogP contribution < -0.4 is 0 Å². The number of hydrogen-bond donors (Lipinski definition) is 0. The second-order valence-corrected chi connectivity index (χ2v) is 7.54. The summed E-state index contributed by atoms with van der Waals surface area (Å²) in [5.74, 6) is -2.09. The molecule has 1 fully saturated rings. The Bertz CT molecular complexity index is 687. The maximum Gasteiger partial charge on any atom is 0.252 e. The molecule has 0 N–H and O–H groups in total. The molecule has 1 aliphatic carbocycles. The van der Waals surface area contributed by atoms with Gasteiger partial charge in [0, 0.05) is 24.3 Å². The molecule has 1 saturated carbocycles. The number of thiazole rings is 1. The second kappa shape index (κ2) is 7.45. The zero-order chi connectivity index (χ0) is 18.0. The van der Waals surface area contributed by atoms with Gasteiger partial charge in [0.2, 0.25) is 5.82 Å². The van der Waals surface area contributed by atoms with Gasteiger partial charge >= 0.3 is 0 Å². The van der Waals surface area contributed by atoms with Crippen LogP contribution in [0.2, 0.25) is 0 Å². The summed E-state index contributed by atoms with van der Waals surface area (Å²) >= 11 is 1.46. The smallest absolute Gasteiger partial charge is 0.252 e. The largest absolute Gasteiger partial charge is 0.370 e. The van der Waals surface area contributed by atoms with Crippen molar-refractivity contribution in [2.45, 2.75) is 58.6 Å². The summed E-state index contributed by atoms with van der Waals surface area (Å²) in [5.41, 5.74) is 2.38. The predicted octanol–water partition coefficient (Wildman–Crippen LogP) is 4.57. The quantitative estimate of drug-likeness (QED) is 0.716. The molecule has 1 aliphatic rings. The highest BCUT2D eigenvalue weighted by atomic mass is 32.1. The summed E-state index contributed by atoms with van der Waals surface area (Å²) in [7, 11) is 0. The normalized spacial score (nSPS) is 21.1. The molecule has 2 aromatic rings. The van der Waals surface area contributed by atoms with Gasteiger partial charge in [-0.1, -0.05) is 13.8 Å². The molecule has 0 aliphatic heterocycles. The Labute approximate surface area is 150 Å². The van der Waals surface area contributed by atoms with Gasteiger partial charge in [0.05, 0.1) is 12.1 Å². The van der Waals surface area contributed by atoms with Crippen LogP contribution in [0.5, 0.6) is 0 Å². The van der Waals surface area contributed by atoms with Gasteiger partial charge in [0.1, 0.15) is 11.8 Å². The Morgan fingerprint density at radius 2 is 2.24 bits per heavy atom. The van der Waals surface area contributed by atoms with Crippen molar-refractivity contribution in [1.82, 2.24) is 19.7 Å². The van der Waals surface area contributed by atoms with Gasteiger partial charge in [-0.25, -0.2) is 23.4 Å². The molecule has 5 nitrogen and oxygen atoms in total. The van der Waals surface area contributed by atoms with Crippen LogP contribution in [0.1, 0.15) is 52.0 Å². The molecule has 2 unspecified atom stereocenters. The van der Waals surface area contributed by atoms with Crippen molar-refractivity contribution in [3.05, 3.63) is 16.7 Å². The van der Waals surface area contributed by atoms with Crippen LogP contribution >= 0.6 is 11.3 Å². The molecule has 138 valence electrons. The van der Waals surface area contributed by atoms with Crippen LogP contribution in [-0.4, -0.2) is 32.3 Å². The summed E-state index contributed by atoms with van der Waals surface area (Å²) in [6.45, 7) is 6.68. The van der Waals surface area contributed by atoms with Gasteiger partial charge in [-0.15, -0.1) is 16.4 Å². The van der Waals surface area contributed by atoms with Crippen molar-refractivity contribution in [3.8, 4) is 11.5 Å². The minimum atomic E-state index is -2.64. The third-order valence-corrected chi connectivity index (χ3v) is 5.21. The molecule has 2 heterocycles. The Balaban J connectivity index is 1.96. The maximum atomic E-state index is 14.1. The fraction of sp³-hybridized carbons (Fsp3) is 0.706. The molecule has 3 rings (SSSR count). The molecular weight excluding hydrogens is 346 g/mol. The van der Waals surface area contributed by atoms with E-state index in [2.05, 4.69) is 15.1 Å². The SMILES string of the molecule is CCOC(c1nc(-c2cscn2)nn1CC1CCCC1(F)F)C(C)C. The summed E-state index contributed by atoms with van der Waals surface area (Å²) in [6, 6.07) is 0. The van der Waals surface area contributed by atoms with Gasteiger partial charge in [0.25, 0.3) is 5.92 Å². The van der Waals surface area contributed by atoms with E-state index >= 15 is 0 Å². The number of ether oxygens (including phenoxy) is 1. The summed E-state index contributed by atoms with van der Waals surface area (Å²) in [6.07, 6.45) is 0.749. The lowest BCUT2D eigenvalue weighted by atomic mass is 10.0. The number of nitrogens with zero attached hydrogens (tertiary/aromatic N) is 4. The van der Waals surface area contributed by atoms with Crippen molar-refractivity contribution >= 4 is 11.3 Å². The number of alkyl halides is 2. The Morgan fingerprint density at radius 1 is 1.44 bits per heavy atom. The minimum Gasteiger partial charge on any atom is -0.370 e. The Kier molecular flexibility index (Phi) is 5.48. The first-order chi connectivity index (χ1) is 11.9. The van der Waals surface area contributed by atoms with E-state index < -0.39 is 11.8 Å². The Hall–Kier alpha value is -1.41. The summed E-state index contributed by atoms with van der Waals surface area (Å²) in [4.78, 5) is 8.85. The average molecular weight is 370 g/mol. The van der Waals surface area contributed by atoms with Crippen molar-refractivity contribution in [2.75, 3.05) is 6.61 Å². The van der Waals surface area contributed by atoms with Crippen LogP contribution in [0.4, 0.5) is 8.78 Å². The number of aromatic nitrogens is 4. The third kappa shape index (κ3) is 3.89. The van der Waals surface area contributed by atoms with Crippen LogP contribution in [0.25, 0.3) is 11.5 Å². The van der Waals surface area contributed by atoms with E-state index in [0.717, 1.165) is 0 Å². The molecule has 0 radical (unpaired) electrons. The van der Waals surface area contributed by atoms with E-state index in [4.69, 9.17) is 4.74 Å². The third-order valence-electron chi connectivity index (χ3n) is 4.62. The molecule has 0 spiro atoms. The molecule has 0 aromatic carbocycles. The van der Waals surface area contributed by atoms with Gasteiger partial charge in [0.15, 0.2) is 5.82 Å². The van der Waals surface area contributed by atoms with Crippen LogP contribution in [0.15, 0.2) is 10.9 Å². The van der Waals surface area contributed by atoms with E-state index in [0.29, 0.717) is 36.8 Å². The molecule has 0 bridgehead atoms. The molecule has 25 heavy (non-hydrogen) atoms. The molecule has 0 saturated heterocycles. The zero-order valence-electron chi connectivity index (χ0n) is 14.8. The number of halogens is 2. The van der Waals surface area contributed by atoms with Crippen molar-refractivity contribution in [2.24, 2.45) is 11.8 Å². The number of rotatable bonds is 7. The second-order valence-electron chi connectivity index (χ2n) is 6.82. The van der Waals surface area contributed by atoms with Crippen molar-refractivity contribution < 1.29 is 13.5 Å². The molecule has 8 heteroatoms. The van der Waals surface area contributed by atoms with Gasteiger partial charge < -0.3 is 4.74 Å². The fourth-order valence-corrected chi connectivity index (χ4v) is 3.84. The van der Waals surface area contributed by atoms with Crippen LogP contribution in [0, 0.1) is 11.8 Å². The molecule has 0 amide bonds. The van der Waals surface area contributed by atoms with Gasteiger partial charge in [-0.05, 0) is 25.7 Å². The van der Waals surface area contributed by atoms with E-state index in [-0.39, 0.29) is 25.0 Å². The van der Waals surface area contributed by atoms with E-state index in [9.17, 15) is 8.78 Å². The molecular formula is C17H24F2N4OS. The molecule has 2 aromatic heterocycles. The van der Waals surface area contributed by atoms with Gasteiger partial charge in [-0.3, -0.25) is 0 Å². The van der Waals surface area contributed by atoms with Crippen molar-refractivity contribution in [3.63, 3.8) is 0 Å². The van der Waals surface area contributed by atoms with Crippen LogP contribution in [-0.2, 0) is 11.3 Å². The average Bonchev–Trinajstić information content (AvgIpc) is 3.26. The summed E-state index contributed by atoms with van der Waals surface area (Å²) < 4.78 is 35.7. The first-order valence-electron chi connectivity index (χ1n) is 8.75. The predicted molar refractivity (Wildman–Crippen MR) is 92.6 cm³/mol. The number of hydrogen-bond acceptors (Lipinski definition) is 5. The van der Waals surface area contributed by atoms with E-state index in [1.807, 2.05) is 26.2 Å². The molecule has 2 atom stereocenters. The van der Waals surface area contributed by atoms with E-state index in [1.165, 1.54) is 11.3 Å². The minimum absolute atomic E-state index is 0.0420. The Morgan fingerprint density at radius 3 is 2.80 bits per heavy atom. The topological polar surface area (TPSA) is 52.8 Å². The van der Waals surface area contributed by atoms with E-state index in [1.54, 1.807) is 10.2 Å². The highest BCUT2D eigenvalue weighted by Crippen LogP contribution is 2.41.